The lowest BCUT2D eigenvalue weighted by Crippen LogP contribution is -2.43. The van der Waals surface area contributed by atoms with Crippen molar-refractivity contribution in [1.29, 1.82) is 0 Å². The number of nitrogens with one attached hydrogen (secondary N) is 1. The van der Waals surface area contributed by atoms with Crippen molar-refractivity contribution in [1.82, 2.24) is 5.32 Å². The molecule has 0 radical (unpaired) electrons. The first-order chi connectivity index (χ1) is 9.65. The van der Waals surface area contributed by atoms with Crippen molar-refractivity contribution in [2.24, 2.45) is 0 Å². The molecule has 0 aliphatic carbocycles. The van der Waals surface area contributed by atoms with Gasteiger partial charge in [-0.3, -0.25) is 9.69 Å². The second-order valence-corrected chi connectivity index (χ2v) is 4.25. The van der Waals surface area contributed by atoms with Crippen molar-refractivity contribution in [3.63, 3.8) is 0 Å². The number of hydrogen-bond donors (Lipinski definition) is 2. The second-order valence-electron chi connectivity index (χ2n) is 4.25. The number of nitrogens with zero attached hydrogens (tertiary/aromatic N) is 1. The molecule has 0 bridgehead atoms. The molecule has 0 saturated heterocycles. The molecule has 110 valence electrons. The van der Waals surface area contributed by atoms with Crippen LogP contribution in [0.3, 0.4) is 0 Å². The molecule has 2 N–H and O–H groups in total. The fourth-order valence-corrected chi connectivity index (χ4v) is 1.69. The highest BCUT2D eigenvalue weighted by Gasteiger charge is 2.17. The highest BCUT2D eigenvalue weighted by atomic mass is 16.5. The van der Waals surface area contributed by atoms with Crippen LogP contribution in [0.1, 0.15) is 12.8 Å². The molecule has 6 nitrogen and oxygen atoms in total. The summed E-state index contributed by atoms with van der Waals surface area (Å²) in [5.41, 5.74) is 0.560. The van der Waals surface area contributed by atoms with Gasteiger partial charge in [0, 0.05) is 25.9 Å². The number of carbonyl (C=O) groups excluding carboxylic acids is 1. The standard InChI is InChI=1S/C14H20N2O4/c1-20-10-6-5-9-15-14(19)16(11-13(17)18)12-7-3-2-4-8-12/h2-4,7-8H,5-6,9-11H2,1H3,(H,15,19)(H,17,18). The number of carboxylic acids is 1. The van der Waals surface area contributed by atoms with E-state index in [1.807, 2.05) is 6.07 Å². The normalized spacial score (nSPS) is 10.1. The molecule has 1 aromatic rings. The second kappa shape index (κ2) is 8.92. The average molecular weight is 280 g/mol. The molecule has 0 fully saturated rings. The predicted octanol–water partition coefficient (Wildman–Crippen LogP) is 1.71. The zero-order valence-electron chi connectivity index (χ0n) is 11.5. The molecule has 20 heavy (non-hydrogen) atoms. The number of aliphatic carboxylic acids is 1. The molecule has 1 rings (SSSR count). The SMILES string of the molecule is COCCCCNC(=O)N(CC(=O)O)c1ccccc1. The zero-order valence-corrected chi connectivity index (χ0v) is 11.5. The minimum Gasteiger partial charge on any atom is -0.480 e. The highest BCUT2D eigenvalue weighted by Crippen LogP contribution is 2.12. The Morgan fingerprint density at radius 2 is 1.95 bits per heavy atom. The number of methoxy groups -OCH3 is 1. The van der Waals surface area contributed by atoms with E-state index in [-0.39, 0.29) is 6.54 Å². The van der Waals surface area contributed by atoms with Crippen LogP contribution >= 0.6 is 0 Å². The summed E-state index contributed by atoms with van der Waals surface area (Å²) in [6.07, 6.45) is 1.64. The van der Waals surface area contributed by atoms with E-state index in [0.29, 0.717) is 18.8 Å². The van der Waals surface area contributed by atoms with Gasteiger partial charge in [0.1, 0.15) is 6.54 Å². The van der Waals surface area contributed by atoms with Gasteiger partial charge < -0.3 is 15.2 Å². The Morgan fingerprint density at radius 1 is 1.25 bits per heavy atom. The van der Waals surface area contributed by atoms with Crippen LogP contribution in [0.5, 0.6) is 0 Å². The first kappa shape index (κ1) is 16.0. The number of rotatable bonds is 8. The topological polar surface area (TPSA) is 78.9 Å². The summed E-state index contributed by atoms with van der Waals surface area (Å²) in [6, 6.07) is 8.33. The van der Waals surface area contributed by atoms with Crippen molar-refractivity contribution in [2.75, 3.05) is 31.7 Å². The minimum absolute atomic E-state index is 0.367. The number of unbranched alkanes of at least 4 members (excludes halogenated alkanes) is 1. The van der Waals surface area contributed by atoms with Crippen LogP contribution in [0.4, 0.5) is 10.5 Å². The largest absolute Gasteiger partial charge is 0.480 e. The summed E-state index contributed by atoms with van der Waals surface area (Å²) in [4.78, 5) is 24.1. The van der Waals surface area contributed by atoms with Gasteiger partial charge in [-0.25, -0.2) is 4.79 Å². The monoisotopic (exact) mass is 280 g/mol. The lowest BCUT2D eigenvalue weighted by Gasteiger charge is -2.21. The quantitative estimate of drug-likeness (QED) is 0.711. The van der Waals surface area contributed by atoms with Gasteiger partial charge in [0.2, 0.25) is 0 Å². The lowest BCUT2D eigenvalue weighted by molar-refractivity contribution is -0.135. The van der Waals surface area contributed by atoms with Crippen LogP contribution in [0.2, 0.25) is 0 Å². The number of amides is 2. The number of carboxylic acid groups (broad SMARTS) is 1. The Morgan fingerprint density at radius 3 is 2.55 bits per heavy atom. The molecule has 1 aromatic carbocycles. The lowest BCUT2D eigenvalue weighted by atomic mass is 10.3. The Balaban J connectivity index is 2.55. The molecule has 0 aromatic heterocycles. The van der Waals surface area contributed by atoms with Gasteiger partial charge >= 0.3 is 12.0 Å². The number of carbonyl (C=O) groups is 2. The number of ether oxygens (including phenoxy) is 1. The highest BCUT2D eigenvalue weighted by molar-refractivity contribution is 5.96. The summed E-state index contributed by atoms with van der Waals surface area (Å²) in [5.74, 6) is -1.05. The third-order valence-electron chi connectivity index (χ3n) is 2.66. The Labute approximate surface area is 118 Å². The summed E-state index contributed by atoms with van der Waals surface area (Å²) in [5, 5.41) is 11.6. The first-order valence-corrected chi connectivity index (χ1v) is 6.46. The maximum absolute atomic E-state index is 12.0. The van der Waals surface area contributed by atoms with Crippen molar-refractivity contribution in [3.05, 3.63) is 30.3 Å². The Kier molecular flexibility index (Phi) is 7.13. The van der Waals surface area contributed by atoms with Crippen LogP contribution < -0.4 is 10.2 Å². The molecule has 0 saturated carbocycles. The van der Waals surface area contributed by atoms with Gasteiger partial charge in [0.25, 0.3) is 0 Å². The van der Waals surface area contributed by atoms with E-state index < -0.39 is 12.0 Å². The maximum atomic E-state index is 12.0. The zero-order chi connectivity index (χ0) is 14.8. The maximum Gasteiger partial charge on any atom is 0.323 e. The molecule has 6 heteroatoms. The van der Waals surface area contributed by atoms with Crippen LogP contribution in [0.15, 0.2) is 30.3 Å². The number of hydrogen-bond acceptors (Lipinski definition) is 3. The van der Waals surface area contributed by atoms with Gasteiger partial charge in [-0.1, -0.05) is 18.2 Å². The smallest absolute Gasteiger partial charge is 0.323 e. The third-order valence-corrected chi connectivity index (χ3v) is 2.66. The molecule has 0 spiro atoms. The van der Waals surface area contributed by atoms with Crippen LogP contribution in [-0.4, -0.2) is 43.9 Å². The molecule has 0 aliphatic rings. The van der Waals surface area contributed by atoms with Crippen molar-refractivity contribution in [3.8, 4) is 0 Å². The molecule has 2 amide bonds. The van der Waals surface area contributed by atoms with Crippen molar-refractivity contribution >= 4 is 17.7 Å². The fraction of sp³-hybridized carbons (Fsp3) is 0.429. The van der Waals surface area contributed by atoms with E-state index in [0.717, 1.165) is 12.8 Å². The van der Waals surface area contributed by atoms with Crippen molar-refractivity contribution < 1.29 is 19.4 Å². The van der Waals surface area contributed by atoms with Gasteiger partial charge in [-0.2, -0.15) is 0 Å². The average Bonchev–Trinajstić information content (AvgIpc) is 2.45. The summed E-state index contributed by atoms with van der Waals surface area (Å²) >= 11 is 0. The van der Waals surface area contributed by atoms with E-state index in [1.54, 1.807) is 31.4 Å². The Hall–Kier alpha value is -2.08. The van der Waals surface area contributed by atoms with Crippen LogP contribution in [-0.2, 0) is 9.53 Å². The number of benzene rings is 1. The molecule has 0 unspecified atom stereocenters. The molecular formula is C14H20N2O4. The third kappa shape index (κ3) is 5.71. The van der Waals surface area contributed by atoms with Crippen LogP contribution in [0, 0.1) is 0 Å². The minimum atomic E-state index is -1.05. The number of urea groups is 1. The summed E-state index contributed by atoms with van der Waals surface area (Å²) < 4.78 is 4.92. The Bertz CT molecular complexity index is 422. The van der Waals surface area contributed by atoms with Gasteiger partial charge in [0.05, 0.1) is 0 Å². The van der Waals surface area contributed by atoms with E-state index in [2.05, 4.69) is 5.32 Å². The first-order valence-electron chi connectivity index (χ1n) is 6.46. The number of para-hydroxylation sites is 1. The van der Waals surface area contributed by atoms with Crippen molar-refractivity contribution in [2.45, 2.75) is 12.8 Å². The summed E-state index contributed by atoms with van der Waals surface area (Å²) in [7, 11) is 1.63. The molecule has 0 atom stereocenters. The van der Waals surface area contributed by atoms with Crippen LogP contribution in [0.25, 0.3) is 0 Å². The number of anilines is 1. The predicted molar refractivity (Wildman–Crippen MR) is 75.9 cm³/mol. The molecular weight excluding hydrogens is 260 g/mol. The van der Waals surface area contributed by atoms with E-state index in [4.69, 9.17) is 9.84 Å². The van der Waals surface area contributed by atoms with Gasteiger partial charge in [-0.15, -0.1) is 0 Å². The fourth-order valence-electron chi connectivity index (χ4n) is 1.69. The molecule has 0 aliphatic heterocycles. The molecule has 0 heterocycles. The van der Waals surface area contributed by atoms with Gasteiger partial charge in [-0.05, 0) is 25.0 Å². The van der Waals surface area contributed by atoms with E-state index in [1.165, 1.54) is 4.90 Å². The van der Waals surface area contributed by atoms with E-state index in [9.17, 15) is 9.59 Å². The van der Waals surface area contributed by atoms with Gasteiger partial charge in [0.15, 0.2) is 0 Å². The van der Waals surface area contributed by atoms with E-state index >= 15 is 0 Å². The summed E-state index contributed by atoms with van der Waals surface area (Å²) in [6.45, 7) is 0.770.